The van der Waals surface area contributed by atoms with Crippen LogP contribution in [0.3, 0.4) is 0 Å². The fourth-order valence-corrected chi connectivity index (χ4v) is 0.306. The van der Waals surface area contributed by atoms with Crippen molar-refractivity contribution in [3.63, 3.8) is 0 Å². The van der Waals surface area contributed by atoms with Crippen molar-refractivity contribution in [1.29, 1.82) is 0 Å². The molecule has 0 unspecified atom stereocenters. The first-order chi connectivity index (χ1) is 10.8. The second-order valence-electron chi connectivity index (χ2n) is 4.18. The molecule has 10 nitrogen and oxygen atoms in total. The Morgan fingerprint density at radius 2 is 0.733 bits per heavy atom. The van der Waals surface area contributed by atoms with Gasteiger partial charge in [-0.1, -0.05) is 37.1 Å². The van der Waals surface area contributed by atoms with Crippen LogP contribution in [0.25, 0.3) is 0 Å². The van der Waals surface area contributed by atoms with Crippen LogP contribution in [-0.4, -0.2) is 94.4 Å². The van der Waals surface area contributed by atoms with Crippen molar-refractivity contribution in [3.8, 4) is 0 Å². The summed E-state index contributed by atoms with van der Waals surface area (Å²) >= 11 is 1.75. The molecule has 0 heterocycles. The highest BCUT2D eigenvalue weighted by atomic mass is 32.2. The number of sulfone groups is 1. The zero-order valence-corrected chi connectivity index (χ0v) is 20.5. The van der Waals surface area contributed by atoms with Gasteiger partial charge < -0.3 is 0 Å². The van der Waals surface area contributed by atoms with Crippen molar-refractivity contribution in [3.05, 3.63) is 0 Å². The third-order valence-corrected chi connectivity index (χ3v) is 2.72. The van der Waals surface area contributed by atoms with E-state index in [2.05, 4.69) is 14.2 Å². The summed E-state index contributed by atoms with van der Waals surface area (Å²) in [6.07, 6.45) is 10.8. The Labute approximate surface area is 197 Å². The quantitative estimate of drug-likeness (QED) is 0.481. The van der Waals surface area contributed by atoms with Gasteiger partial charge in [-0.15, -0.1) is 0 Å². The van der Waals surface area contributed by atoms with Gasteiger partial charge in [0.2, 0.25) is 10.0 Å². The molecule has 0 spiro atoms. The van der Waals surface area contributed by atoms with Crippen molar-refractivity contribution >= 4 is 52.6 Å². The van der Waals surface area contributed by atoms with Crippen LogP contribution in [-0.2, 0) is 40.9 Å². The van der Waals surface area contributed by atoms with Crippen molar-refractivity contribution in [2.24, 2.45) is 0 Å². The molecule has 0 saturated heterocycles. The van der Waals surface area contributed by atoms with Gasteiger partial charge in [0.1, 0.15) is 9.84 Å². The Morgan fingerprint density at radius 3 is 0.733 bits per heavy atom. The molecule has 0 rings (SSSR count). The van der Waals surface area contributed by atoms with Crippen LogP contribution in [0, 0.1) is 0 Å². The molecular weight excluding hydrogens is 495 g/mol. The Bertz CT molecular complexity index is 585. The third kappa shape index (κ3) is 246. The molecule has 0 aromatic carbocycles. The van der Waals surface area contributed by atoms with E-state index in [1.54, 1.807) is 24.3 Å². The maximum Gasteiger partial charge on any atom is 0.276 e. The summed E-state index contributed by atoms with van der Waals surface area (Å²) in [5, 5.41) is 0. The molecule has 0 radical (unpaired) electrons. The predicted octanol–water partition coefficient (Wildman–Crippen LogP) is 1.65. The molecule has 0 bridgehead atoms. The van der Waals surface area contributed by atoms with Gasteiger partial charge in [0.25, 0.3) is 10.2 Å². The molecule has 0 aromatic heterocycles. The van der Waals surface area contributed by atoms with Crippen molar-refractivity contribution in [2.45, 2.75) is 37.1 Å². The van der Waals surface area contributed by atoms with Crippen LogP contribution in [0.15, 0.2) is 0 Å². The van der Waals surface area contributed by atoms with Crippen molar-refractivity contribution < 1.29 is 29.5 Å². The number of thioether (sulfide) groups is 1. The van der Waals surface area contributed by atoms with E-state index in [9.17, 15) is 29.5 Å². The Morgan fingerprint density at radius 1 is 0.633 bits per heavy atom. The van der Waals surface area contributed by atoms with E-state index in [1.165, 1.54) is 21.1 Å². The second kappa shape index (κ2) is 36.6. The van der Waals surface area contributed by atoms with Crippen LogP contribution < -0.4 is 14.2 Å². The lowest BCUT2D eigenvalue weighted by atomic mass is 11.6. The fourth-order valence-electron chi connectivity index (χ4n) is 0.102. The SMILES string of the molecule is C.C.C.C.C.CNS(=O)(=O)NC.CNS(C)(=O)=O.CS(C)(=O)=O.CS(C)=O.CSC. The minimum absolute atomic E-state index is 0. The zero-order chi connectivity index (χ0) is 21.9. The molecule has 0 saturated carbocycles. The molecule has 0 aliphatic rings. The highest BCUT2D eigenvalue weighted by Crippen LogP contribution is 1.70. The predicted molar refractivity (Wildman–Crippen MR) is 145 cm³/mol. The van der Waals surface area contributed by atoms with E-state index in [-0.39, 0.29) is 37.1 Å². The number of nitrogens with one attached hydrogen (secondary N) is 3. The summed E-state index contributed by atoms with van der Waals surface area (Å²) in [5.41, 5.74) is 0. The third-order valence-electron chi connectivity index (χ3n) is 0.908. The Balaban J connectivity index is -0.0000000205. The van der Waals surface area contributed by atoms with Gasteiger partial charge >= 0.3 is 0 Å². The molecule has 0 fully saturated rings. The van der Waals surface area contributed by atoms with E-state index in [0.717, 1.165) is 18.8 Å². The van der Waals surface area contributed by atoms with E-state index in [1.807, 2.05) is 12.5 Å². The standard InChI is InChI=1S/C2H8N2O2S.C2H7NO2S.C2H6O2S.C2H6OS.C2H6S.5CH4/c1-3-7(5,6)4-2;1-3-6(2,4)5;1-5(2,3)4;1-4(2)3;1-3-2;;;;;/h3-4H,1-2H3;3H,1-2H3;1-2H3;1-2H3;1-2H3;5*1H4. The van der Waals surface area contributed by atoms with Crippen molar-refractivity contribution in [2.75, 3.05) is 64.9 Å². The summed E-state index contributed by atoms with van der Waals surface area (Å²) in [6, 6.07) is 0. The number of rotatable bonds is 3. The first-order valence-corrected chi connectivity index (χ1v) is 15.4. The number of hydrogen-bond acceptors (Lipinski definition) is 8. The second-order valence-corrected chi connectivity index (χ2v) is 12.5. The molecule has 3 N–H and O–H groups in total. The maximum absolute atomic E-state index is 10.1. The Kier molecular flexibility index (Phi) is 77.0. The monoisotopic (exact) mass is 547 g/mol. The van der Waals surface area contributed by atoms with Crippen LogP contribution in [0.2, 0.25) is 0 Å². The van der Waals surface area contributed by atoms with Crippen LogP contribution >= 0.6 is 11.8 Å². The largest absolute Gasteiger partial charge is 0.276 e. The summed E-state index contributed by atoms with van der Waals surface area (Å²) in [6.45, 7) is 0. The van der Waals surface area contributed by atoms with Crippen LogP contribution in [0.5, 0.6) is 0 Å². The highest BCUT2D eigenvalue weighted by molar-refractivity contribution is 7.97. The van der Waals surface area contributed by atoms with Gasteiger partial charge in [0.15, 0.2) is 0 Å². The fraction of sp³-hybridized carbons (Fsp3) is 1.00. The van der Waals surface area contributed by atoms with Crippen molar-refractivity contribution in [1.82, 2.24) is 14.2 Å². The van der Waals surface area contributed by atoms with Gasteiger partial charge in [-0.05, 0) is 19.6 Å². The lowest BCUT2D eigenvalue weighted by Crippen LogP contribution is -2.30. The average molecular weight is 548 g/mol. The van der Waals surface area contributed by atoms with Gasteiger partial charge in [0.05, 0.1) is 6.26 Å². The first-order valence-electron chi connectivity index (χ1n) is 6.14. The lowest BCUT2D eigenvalue weighted by Gasteiger charge is -1.94. The normalized spacial score (nSPS) is 8.77. The molecule has 15 heteroatoms. The van der Waals surface area contributed by atoms with E-state index >= 15 is 0 Å². The zero-order valence-electron chi connectivity index (χ0n) is 16.4. The minimum Gasteiger partial charge on any atom is -0.260 e. The average Bonchev–Trinajstić information content (AvgIpc) is 2.37. The highest BCUT2D eigenvalue weighted by Gasteiger charge is 1.96. The smallest absolute Gasteiger partial charge is 0.260 e. The van der Waals surface area contributed by atoms with Gasteiger partial charge in [-0.25, -0.2) is 31.0 Å². The molecule has 200 valence electrons. The molecule has 0 aliphatic heterocycles. The van der Waals surface area contributed by atoms with Gasteiger partial charge in [0, 0.05) is 49.9 Å². The van der Waals surface area contributed by atoms with Crippen LogP contribution in [0.4, 0.5) is 0 Å². The maximum atomic E-state index is 10.1. The summed E-state index contributed by atoms with van der Waals surface area (Å²) in [5.74, 6) is 0. The molecule has 0 amide bonds. The summed E-state index contributed by atoms with van der Waals surface area (Å²) in [4.78, 5) is 0. The number of hydrogen-bond donors (Lipinski definition) is 3. The summed E-state index contributed by atoms with van der Waals surface area (Å²) in [7, 11) is -5.30. The minimum atomic E-state index is -3.16. The van der Waals surface area contributed by atoms with Gasteiger partial charge in [-0.2, -0.15) is 20.2 Å². The topological polar surface area (TPSA) is 156 Å². The van der Waals surface area contributed by atoms with Gasteiger partial charge in [-0.3, -0.25) is 4.21 Å². The summed E-state index contributed by atoms with van der Waals surface area (Å²) < 4.78 is 75.1. The van der Waals surface area contributed by atoms with E-state index in [0.29, 0.717) is 0 Å². The first kappa shape index (κ1) is 63.1. The molecule has 0 atom stereocenters. The van der Waals surface area contributed by atoms with E-state index < -0.39 is 40.9 Å². The lowest BCUT2D eigenvalue weighted by molar-refractivity contribution is 0.579. The van der Waals surface area contributed by atoms with E-state index in [4.69, 9.17) is 0 Å². The molecule has 30 heavy (non-hydrogen) atoms. The Hall–Kier alpha value is 0.230. The molecule has 0 aliphatic carbocycles. The molecular formula is C15H53N3O7S5. The number of sulfonamides is 1. The molecule has 0 aromatic rings. The van der Waals surface area contributed by atoms with Crippen LogP contribution in [0.1, 0.15) is 37.1 Å².